The fraction of sp³-hybridized carbons (Fsp3) is 0.231. The average molecular weight is 231 g/mol. The second-order valence-corrected chi connectivity index (χ2v) is 4.48. The Hall–Kier alpha value is -1.48. The third-order valence-corrected chi connectivity index (χ3v) is 3.19. The van der Waals surface area contributed by atoms with E-state index in [9.17, 15) is 4.79 Å². The minimum absolute atomic E-state index is 0.216. The van der Waals surface area contributed by atoms with E-state index in [0.717, 1.165) is 22.6 Å². The number of rotatable bonds is 4. The summed E-state index contributed by atoms with van der Waals surface area (Å²) < 4.78 is 0. The second-order valence-electron chi connectivity index (χ2n) is 3.59. The van der Waals surface area contributed by atoms with Gasteiger partial charge in [0.15, 0.2) is 5.78 Å². The number of benzene rings is 1. The van der Waals surface area contributed by atoms with Crippen LogP contribution in [0.15, 0.2) is 35.8 Å². The maximum Gasteiger partial charge on any atom is 0.162 e. The highest BCUT2D eigenvalue weighted by atomic mass is 32.1. The smallest absolute Gasteiger partial charge is 0.162 e. The van der Waals surface area contributed by atoms with Gasteiger partial charge in [0.25, 0.3) is 0 Å². The molecule has 1 heterocycles. The van der Waals surface area contributed by atoms with Crippen molar-refractivity contribution in [1.82, 2.24) is 4.98 Å². The summed E-state index contributed by atoms with van der Waals surface area (Å²) in [6, 6.07) is 7.69. The molecule has 3 heteroatoms. The lowest BCUT2D eigenvalue weighted by Crippen LogP contribution is -1.97. The highest BCUT2D eigenvalue weighted by Gasteiger charge is 2.05. The van der Waals surface area contributed by atoms with E-state index in [1.165, 1.54) is 0 Å². The molecule has 0 N–H and O–H groups in total. The third-order valence-electron chi connectivity index (χ3n) is 2.36. The van der Waals surface area contributed by atoms with Crippen LogP contribution in [0.25, 0.3) is 10.6 Å². The van der Waals surface area contributed by atoms with Gasteiger partial charge in [0.05, 0.1) is 0 Å². The highest BCUT2D eigenvalue weighted by molar-refractivity contribution is 7.13. The molecule has 0 aliphatic carbocycles. The summed E-state index contributed by atoms with van der Waals surface area (Å²) in [6.07, 6.45) is 3.31. The largest absolute Gasteiger partial charge is 0.294 e. The lowest BCUT2D eigenvalue weighted by molar-refractivity contribution is 0.0982. The molecule has 0 spiro atoms. The highest BCUT2D eigenvalue weighted by Crippen LogP contribution is 2.22. The van der Waals surface area contributed by atoms with Gasteiger partial charge in [0.2, 0.25) is 0 Å². The monoisotopic (exact) mass is 231 g/mol. The Morgan fingerprint density at radius 2 is 2.06 bits per heavy atom. The first-order valence-electron chi connectivity index (χ1n) is 5.34. The zero-order chi connectivity index (χ0) is 11.4. The van der Waals surface area contributed by atoms with Gasteiger partial charge in [-0.3, -0.25) is 4.79 Å². The first-order chi connectivity index (χ1) is 7.81. The third kappa shape index (κ3) is 2.36. The Kier molecular flexibility index (Phi) is 3.47. The van der Waals surface area contributed by atoms with Crippen LogP contribution in [0.2, 0.25) is 0 Å². The maximum absolute atomic E-state index is 11.6. The molecule has 1 aromatic heterocycles. The van der Waals surface area contributed by atoms with Gasteiger partial charge < -0.3 is 0 Å². The van der Waals surface area contributed by atoms with E-state index >= 15 is 0 Å². The number of Topliss-reactive ketones (excluding diaryl/α,β-unsaturated/α-hetero) is 1. The van der Waals surface area contributed by atoms with Crippen LogP contribution in [0.5, 0.6) is 0 Å². The molecule has 0 aliphatic heterocycles. The van der Waals surface area contributed by atoms with Crippen molar-refractivity contribution in [2.75, 3.05) is 0 Å². The van der Waals surface area contributed by atoms with Crippen molar-refractivity contribution in [3.63, 3.8) is 0 Å². The fourth-order valence-corrected chi connectivity index (χ4v) is 2.18. The van der Waals surface area contributed by atoms with Crippen LogP contribution < -0.4 is 0 Å². The van der Waals surface area contributed by atoms with Gasteiger partial charge in [-0.2, -0.15) is 0 Å². The van der Waals surface area contributed by atoms with Crippen LogP contribution in [0.4, 0.5) is 0 Å². The first-order valence-corrected chi connectivity index (χ1v) is 6.22. The lowest BCUT2D eigenvalue weighted by atomic mass is 10.1. The molecule has 0 atom stereocenters. The molecule has 0 fully saturated rings. The molecule has 2 rings (SSSR count). The number of ketones is 1. The summed E-state index contributed by atoms with van der Waals surface area (Å²) in [5, 5.41) is 2.94. The van der Waals surface area contributed by atoms with Gasteiger partial charge in [0.1, 0.15) is 5.01 Å². The molecule has 0 amide bonds. The number of hydrogen-bond donors (Lipinski definition) is 0. The molecule has 82 valence electrons. The molecular formula is C13H13NOS. The SMILES string of the molecule is CCCC(=O)c1ccc(-c2nccs2)cc1. The lowest BCUT2D eigenvalue weighted by Gasteiger charge is -2.00. The Bertz CT molecular complexity index is 459. The van der Waals surface area contributed by atoms with Crippen molar-refractivity contribution < 1.29 is 4.79 Å². The molecule has 2 nitrogen and oxygen atoms in total. The van der Waals surface area contributed by atoms with E-state index in [2.05, 4.69) is 4.98 Å². The molecule has 0 saturated heterocycles. The Labute approximate surface area is 99.0 Å². The summed E-state index contributed by atoms with van der Waals surface area (Å²) in [5.41, 5.74) is 1.87. The van der Waals surface area contributed by atoms with Crippen molar-refractivity contribution in [1.29, 1.82) is 0 Å². The summed E-state index contributed by atoms with van der Waals surface area (Å²) in [5.74, 6) is 0.216. The standard InChI is InChI=1S/C13H13NOS/c1-2-3-12(15)10-4-6-11(7-5-10)13-14-8-9-16-13/h4-9H,2-3H2,1H3. The van der Waals surface area contributed by atoms with Crippen LogP contribution in [-0.2, 0) is 0 Å². The first kappa shape index (κ1) is 11.0. The molecule has 0 unspecified atom stereocenters. The number of carbonyl (C=O) groups is 1. The van der Waals surface area contributed by atoms with Crippen LogP contribution in [0, 0.1) is 0 Å². The van der Waals surface area contributed by atoms with E-state index in [4.69, 9.17) is 0 Å². The Morgan fingerprint density at radius 1 is 1.31 bits per heavy atom. The fourth-order valence-electron chi connectivity index (χ4n) is 1.54. The van der Waals surface area contributed by atoms with E-state index in [1.54, 1.807) is 17.5 Å². The summed E-state index contributed by atoms with van der Waals surface area (Å²) >= 11 is 1.60. The van der Waals surface area contributed by atoms with Crippen LogP contribution >= 0.6 is 11.3 Å². The molecule has 2 aromatic rings. The summed E-state index contributed by atoms with van der Waals surface area (Å²) in [4.78, 5) is 15.9. The number of thiazole rings is 1. The van der Waals surface area contributed by atoms with Gasteiger partial charge in [-0.15, -0.1) is 11.3 Å². The van der Waals surface area contributed by atoms with Crippen molar-refractivity contribution in [3.05, 3.63) is 41.4 Å². The quantitative estimate of drug-likeness (QED) is 0.749. The zero-order valence-corrected chi connectivity index (χ0v) is 9.96. The van der Waals surface area contributed by atoms with Crippen molar-refractivity contribution >= 4 is 17.1 Å². The van der Waals surface area contributed by atoms with E-state index in [-0.39, 0.29) is 5.78 Å². The van der Waals surface area contributed by atoms with E-state index in [0.29, 0.717) is 6.42 Å². The van der Waals surface area contributed by atoms with Gasteiger partial charge in [-0.1, -0.05) is 31.2 Å². The van der Waals surface area contributed by atoms with E-state index < -0.39 is 0 Å². The molecule has 1 aromatic carbocycles. The van der Waals surface area contributed by atoms with Gasteiger partial charge in [-0.05, 0) is 6.42 Å². The Balaban J connectivity index is 2.20. The maximum atomic E-state index is 11.6. The van der Waals surface area contributed by atoms with Crippen molar-refractivity contribution in [2.45, 2.75) is 19.8 Å². The molecular weight excluding hydrogens is 218 g/mol. The Morgan fingerprint density at radius 3 is 2.62 bits per heavy atom. The molecule has 0 radical (unpaired) electrons. The van der Waals surface area contributed by atoms with Crippen molar-refractivity contribution in [3.8, 4) is 10.6 Å². The van der Waals surface area contributed by atoms with Crippen LogP contribution in [-0.4, -0.2) is 10.8 Å². The van der Waals surface area contributed by atoms with Gasteiger partial charge in [0, 0.05) is 29.1 Å². The average Bonchev–Trinajstić information content (AvgIpc) is 2.83. The number of carbonyl (C=O) groups excluding carboxylic acids is 1. The number of nitrogens with zero attached hydrogens (tertiary/aromatic N) is 1. The topological polar surface area (TPSA) is 30.0 Å². The molecule has 16 heavy (non-hydrogen) atoms. The summed E-state index contributed by atoms with van der Waals surface area (Å²) in [6.45, 7) is 2.02. The molecule has 0 aliphatic rings. The van der Waals surface area contributed by atoms with Gasteiger partial charge >= 0.3 is 0 Å². The second kappa shape index (κ2) is 5.03. The number of aromatic nitrogens is 1. The minimum atomic E-state index is 0.216. The van der Waals surface area contributed by atoms with Crippen LogP contribution in [0.1, 0.15) is 30.1 Å². The predicted molar refractivity (Wildman–Crippen MR) is 66.8 cm³/mol. The summed E-state index contributed by atoms with van der Waals surface area (Å²) in [7, 11) is 0. The van der Waals surface area contributed by atoms with Gasteiger partial charge in [-0.25, -0.2) is 4.98 Å². The minimum Gasteiger partial charge on any atom is -0.294 e. The molecule has 0 bridgehead atoms. The normalized spacial score (nSPS) is 10.3. The molecule has 0 saturated carbocycles. The van der Waals surface area contributed by atoms with E-state index in [1.807, 2.05) is 36.6 Å². The van der Waals surface area contributed by atoms with Crippen LogP contribution in [0.3, 0.4) is 0 Å². The zero-order valence-electron chi connectivity index (χ0n) is 9.14. The number of hydrogen-bond acceptors (Lipinski definition) is 3. The predicted octanol–water partition coefficient (Wildman–Crippen LogP) is 3.79. The van der Waals surface area contributed by atoms with Crippen molar-refractivity contribution in [2.24, 2.45) is 0 Å².